The second-order valence-electron chi connectivity index (χ2n) is 4.88. The lowest BCUT2D eigenvalue weighted by Gasteiger charge is -2.08. The molecule has 1 amide bonds. The van der Waals surface area contributed by atoms with Crippen molar-refractivity contribution >= 4 is 5.91 Å². The molecule has 6 nitrogen and oxygen atoms in total. The second kappa shape index (κ2) is 5.38. The molecule has 2 aromatic rings. The van der Waals surface area contributed by atoms with Gasteiger partial charge in [0.05, 0.1) is 6.54 Å². The normalized spacial score (nSPS) is 14.6. The molecule has 120 valence electrons. The molecule has 0 saturated carbocycles. The van der Waals surface area contributed by atoms with Gasteiger partial charge in [-0.1, -0.05) is 6.07 Å². The first-order chi connectivity index (χ1) is 10.9. The van der Waals surface area contributed by atoms with Crippen LogP contribution < -0.4 is 20.3 Å². The maximum Gasteiger partial charge on any atom is 0.586 e. The first-order valence-corrected chi connectivity index (χ1v) is 6.70. The molecule has 0 saturated heterocycles. The largest absolute Gasteiger partial charge is 0.586 e. The summed E-state index contributed by atoms with van der Waals surface area (Å²) in [5, 5.41) is 2.38. The highest BCUT2D eigenvalue weighted by molar-refractivity contribution is 5.93. The number of amides is 1. The van der Waals surface area contributed by atoms with Gasteiger partial charge in [0.2, 0.25) is 0 Å². The first kappa shape index (κ1) is 15.0. The smallest absolute Gasteiger partial charge is 0.395 e. The maximum absolute atomic E-state index is 13.0. The van der Waals surface area contributed by atoms with Crippen LogP contribution in [0.25, 0.3) is 0 Å². The van der Waals surface area contributed by atoms with Gasteiger partial charge in [-0.15, -0.1) is 8.78 Å². The quantitative estimate of drug-likeness (QED) is 0.931. The van der Waals surface area contributed by atoms with Crippen LogP contribution in [-0.2, 0) is 6.54 Å². The van der Waals surface area contributed by atoms with Gasteiger partial charge in [-0.25, -0.2) is 0 Å². The van der Waals surface area contributed by atoms with Gasteiger partial charge in [0.25, 0.3) is 11.5 Å². The Morgan fingerprint density at radius 1 is 1.26 bits per heavy atom. The SMILES string of the molecule is CNC(=O)c1cccn(Cc2ccc3c(c2)OC(F)(F)O3)c1=O. The molecule has 0 atom stereocenters. The number of fused-ring (bicyclic) bond motifs is 1. The highest BCUT2D eigenvalue weighted by Crippen LogP contribution is 2.41. The number of benzene rings is 1. The topological polar surface area (TPSA) is 69.6 Å². The van der Waals surface area contributed by atoms with E-state index >= 15 is 0 Å². The zero-order valence-corrected chi connectivity index (χ0v) is 12.0. The number of carbonyl (C=O) groups excluding carboxylic acids is 1. The number of rotatable bonds is 3. The average Bonchev–Trinajstić information content (AvgIpc) is 2.81. The Balaban J connectivity index is 1.90. The van der Waals surface area contributed by atoms with Crippen LogP contribution in [-0.4, -0.2) is 23.8 Å². The number of halogens is 2. The molecule has 1 aromatic carbocycles. The summed E-state index contributed by atoms with van der Waals surface area (Å²) >= 11 is 0. The fourth-order valence-electron chi connectivity index (χ4n) is 2.26. The highest BCUT2D eigenvalue weighted by Gasteiger charge is 2.43. The van der Waals surface area contributed by atoms with Crippen molar-refractivity contribution < 1.29 is 23.0 Å². The van der Waals surface area contributed by atoms with Crippen molar-refractivity contribution in [1.29, 1.82) is 0 Å². The number of alkyl halides is 2. The average molecular weight is 322 g/mol. The van der Waals surface area contributed by atoms with Crippen molar-refractivity contribution in [2.24, 2.45) is 0 Å². The summed E-state index contributed by atoms with van der Waals surface area (Å²) < 4.78 is 36.0. The number of hydrogen-bond acceptors (Lipinski definition) is 4. The summed E-state index contributed by atoms with van der Waals surface area (Å²) in [7, 11) is 1.43. The Hall–Kier alpha value is -2.90. The molecule has 1 aliphatic heterocycles. The zero-order valence-electron chi connectivity index (χ0n) is 12.0. The third-order valence-electron chi connectivity index (χ3n) is 3.31. The lowest BCUT2D eigenvalue weighted by Crippen LogP contribution is -2.31. The summed E-state index contributed by atoms with van der Waals surface area (Å²) in [6, 6.07) is 7.24. The molecule has 0 aliphatic carbocycles. The Morgan fingerprint density at radius 3 is 2.74 bits per heavy atom. The van der Waals surface area contributed by atoms with Gasteiger partial charge < -0.3 is 19.4 Å². The van der Waals surface area contributed by atoms with E-state index in [9.17, 15) is 18.4 Å². The van der Waals surface area contributed by atoms with Crippen LogP contribution in [0.3, 0.4) is 0 Å². The number of nitrogens with one attached hydrogen (secondary N) is 1. The number of hydrogen-bond donors (Lipinski definition) is 1. The Labute approximate surface area is 129 Å². The van der Waals surface area contributed by atoms with E-state index in [1.54, 1.807) is 12.1 Å². The molecule has 1 N–H and O–H groups in total. The molecule has 0 fully saturated rings. The molecule has 8 heteroatoms. The predicted molar refractivity (Wildman–Crippen MR) is 75.8 cm³/mol. The summed E-state index contributed by atoms with van der Waals surface area (Å²) in [6.45, 7) is 0.103. The van der Waals surface area contributed by atoms with Crippen LogP contribution in [0.15, 0.2) is 41.3 Å². The molecule has 0 spiro atoms. The van der Waals surface area contributed by atoms with E-state index in [0.717, 1.165) is 0 Å². The number of ether oxygens (including phenoxy) is 2. The Kier molecular flexibility index (Phi) is 3.51. The van der Waals surface area contributed by atoms with Crippen molar-refractivity contribution in [1.82, 2.24) is 9.88 Å². The van der Waals surface area contributed by atoms with E-state index in [2.05, 4.69) is 14.8 Å². The minimum atomic E-state index is -3.68. The first-order valence-electron chi connectivity index (χ1n) is 6.70. The fourth-order valence-corrected chi connectivity index (χ4v) is 2.26. The van der Waals surface area contributed by atoms with Gasteiger partial charge in [0.15, 0.2) is 11.5 Å². The van der Waals surface area contributed by atoms with Crippen molar-refractivity contribution in [3.05, 3.63) is 58.0 Å². The predicted octanol–water partition coefficient (Wildman–Crippen LogP) is 1.58. The minimum Gasteiger partial charge on any atom is -0.395 e. The van der Waals surface area contributed by atoms with Gasteiger partial charge in [-0.2, -0.15) is 0 Å². The molecular formula is C15H12F2N2O4. The van der Waals surface area contributed by atoms with E-state index in [4.69, 9.17) is 0 Å². The van der Waals surface area contributed by atoms with Crippen molar-refractivity contribution in [3.8, 4) is 11.5 Å². The van der Waals surface area contributed by atoms with Crippen LogP contribution >= 0.6 is 0 Å². The lowest BCUT2D eigenvalue weighted by atomic mass is 10.2. The van der Waals surface area contributed by atoms with Gasteiger partial charge in [0.1, 0.15) is 5.56 Å². The zero-order chi connectivity index (χ0) is 16.6. The molecule has 3 rings (SSSR count). The Morgan fingerprint density at radius 2 is 2.00 bits per heavy atom. The van der Waals surface area contributed by atoms with Crippen LogP contribution in [0, 0.1) is 0 Å². The van der Waals surface area contributed by atoms with E-state index < -0.39 is 17.8 Å². The molecule has 1 aliphatic rings. The molecule has 2 heterocycles. The van der Waals surface area contributed by atoms with Gasteiger partial charge in [-0.05, 0) is 29.8 Å². The van der Waals surface area contributed by atoms with Crippen LogP contribution in [0.4, 0.5) is 8.78 Å². The fraction of sp³-hybridized carbons (Fsp3) is 0.200. The summed E-state index contributed by atoms with van der Waals surface area (Å²) in [6.07, 6.45) is -2.18. The third kappa shape index (κ3) is 2.87. The molecule has 0 radical (unpaired) electrons. The van der Waals surface area contributed by atoms with Crippen LogP contribution in [0.2, 0.25) is 0 Å². The number of carbonyl (C=O) groups is 1. The van der Waals surface area contributed by atoms with Crippen molar-refractivity contribution in [2.75, 3.05) is 7.05 Å². The summed E-state index contributed by atoms with van der Waals surface area (Å²) in [5.74, 6) is -0.650. The van der Waals surface area contributed by atoms with E-state index in [1.807, 2.05) is 0 Å². The standard InChI is InChI=1S/C15H12F2N2O4/c1-18-13(20)10-3-2-6-19(14(10)21)8-9-4-5-11-12(7-9)23-15(16,17)22-11/h2-7H,8H2,1H3,(H,18,20). The molecule has 23 heavy (non-hydrogen) atoms. The van der Waals surface area contributed by atoms with Crippen molar-refractivity contribution in [2.45, 2.75) is 12.8 Å². The molecule has 0 bridgehead atoms. The number of nitrogens with zero attached hydrogens (tertiary/aromatic N) is 1. The molecular weight excluding hydrogens is 310 g/mol. The maximum atomic E-state index is 13.0. The van der Waals surface area contributed by atoms with E-state index in [1.165, 1.54) is 36.0 Å². The van der Waals surface area contributed by atoms with Gasteiger partial charge in [0, 0.05) is 13.2 Å². The third-order valence-corrected chi connectivity index (χ3v) is 3.31. The second-order valence-corrected chi connectivity index (χ2v) is 4.88. The Bertz CT molecular complexity index is 832. The van der Waals surface area contributed by atoms with E-state index in [0.29, 0.717) is 5.56 Å². The van der Waals surface area contributed by atoms with Crippen LogP contribution in [0.1, 0.15) is 15.9 Å². The minimum absolute atomic E-state index is 0.00211. The monoisotopic (exact) mass is 322 g/mol. The molecule has 0 unspecified atom stereocenters. The van der Waals surface area contributed by atoms with Crippen molar-refractivity contribution in [3.63, 3.8) is 0 Å². The summed E-state index contributed by atoms with van der Waals surface area (Å²) in [4.78, 5) is 23.9. The lowest BCUT2D eigenvalue weighted by molar-refractivity contribution is -0.286. The highest BCUT2D eigenvalue weighted by atomic mass is 19.3. The summed E-state index contributed by atoms with van der Waals surface area (Å²) in [5.41, 5.74) is 0.0818. The van der Waals surface area contributed by atoms with E-state index in [-0.39, 0.29) is 23.6 Å². The number of aromatic nitrogens is 1. The van der Waals surface area contributed by atoms with Crippen LogP contribution in [0.5, 0.6) is 11.5 Å². The van der Waals surface area contributed by atoms with Gasteiger partial charge >= 0.3 is 6.29 Å². The molecule has 1 aromatic heterocycles. The van der Waals surface area contributed by atoms with Gasteiger partial charge in [-0.3, -0.25) is 9.59 Å². The number of pyridine rings is 1.